The lowest BCUT2D eigenvalue weighted by Gasteiger charge is -2.29. The van der Waals surface area contributed by atoms with Crippen LogP contribution in [0.3, 0.4) is 0 Å². The molecule has 3 nitrogen and oxygen atoms in total. The van der Waals surface area contributed by atoms with Crippen LogP contribution in [0, 0.1) is 11.3 Å². The quantitative estimate of drug-likeness (QED) is 0.710. The average molecular weight is 289 g/mol. The van der Waals surface area contributed by atoms with E-state index in [1.54, 1.807) is 0 Å². The fourth-order valence-corrected chi connectivity index (χ4v) is 4.62. The van der Waals surface area contributed by atoms with E-state index in [1.165, 1.54) is 25.7 Å². The summed E-state index contributed by atoms with van der Waals surface area (Å²) >= 11 is 0. The number of sulfone groups is 1. The van der Waals surface area contributed by atoms with Gasteiger partial charge in [-0.3, -0.25) is 0 Å². The van der Waals surface area contributed by atoms with Crippen LogP contribution in [0.1, 0.15) is 59.3 Å². The third-order valence-corrected chi connectivity index (χ3v) is 6.03. The number of hydrogen-bond acceptors (Lipinski definition) is 3. The molecule has 0 unspecified atom stereocenters. The van der Waals surface area contributed by atoms with Crippen molar-refractivity contribution in [3.8, 4) is 0 Å². The van der Waals surface area contributed by atoms with Crippen LogP contribution in [0.4, 0.5) is 0 Å². The van der Waals surface area contributed by atoms with E-state index in [1.807, 2.05) is 6.92 Å². The second-order valence-electron chi connectivity index (χ2n) is 6.63. The van der Waals surface area contributed by atoms with Crippen molar-refractivity contribution >= 4 is 9.84 Å². The van der Waals surface area contributed by atoms with Gasteiger partial charge in [0.05, 0.1) is 5.75 Å². The maximum Gasteiger partial charge on any atom is 0.150 e. The summed E-state index contributed by atoms with van der Waals surface area (Å²) in [6, 6.07) is 0. The van der Waals surface area contributed by atoms with Gasteiger partial charge in [-0.25, -0.2) is 8.42 Å². The zero-order valence-corrected chi connectivity index (χ0v) is 13.7. The Labute approximate surface area is 119 Å². The Hall–Kier alpha value is -0.0900. The largest absolute Gasteiger partial charge is 0.316 e. The normalized spacial score (nSPS) is 19.2. The zero-order valence-electron chi connectivity index (χ0n) is 12.9. The van der Waals surface area contributed by atoms with Gasteiger partial charge in [0.1, 0.15) is 9.84 Å². The molecule has 114 valence electrons. The van der Waals surface area contributed by atoms with E-state index in [9.17, 15) is 8.42 Å². The van der Waals surface area contributed by atoms with Crippen LogP contribution in [0.5, 0.6) is 0 Å². The van der Waals surface area contributed by atoms with Crippen LogP contribution in [-0.4, -0.2) is 33.0 Å². The fourth-order valence-electron chi connectivity index (χ4n) is 3.05. The highest BCUT2D eigenvalue weighted by molar-refractivity contribution is 7.91. The first-order valence-corrected chi connectivity index (χ1v) is 9.62. The summed E-state index contributed by atoms with van der Waals surface area (Å²) < 4.78 is 23.8. The van der Waals surface area contributed by atoms with Gasteiger partial charge in [-0.2, -0.15) is 0 Å². The first kappa shape index (κ1) is 17.0. The molecule has 4 heteroatoms. The van der Waals surface area contributed by atoms with Crippen LogP contribution in [0.15, 0.2) is 0 Å². The molecule has 1 rings (SSSR count). The highest BCUT2D eigenvalue weighted by Crippen LogP contribution is 2.40. The summed E-state index contributed by atoms with van der Waals surface area (Å²) in [7, 11) is -2.83. The minimum atomic E-state index is -2.83. The Balaban J connectivity index is 2.48. The monoisotopic (exact) mass is 289 g/mol. The summed E-state index contributed by atoms with van der Waals surface area (Å²) in [6.45, 7) is 8.38. The second-order valence-corrected chi connectivity index (χ2v) is 8.94. The first-order valence-electron chi connectivity index (χ1n) is 7.80. The highest BCUT2D eigenvalue weighted by Gasteiger charge is 2.34. The van der Waals surface area contributed by atoms with Crippen LogP contribution < -0.4 is 5.32 Å². The molecular formula is C15H31NO2S. The summed E-state index contributed by atoms with van der Waals surface area (Å²) in [5.74, 6) is 1.38. The first-order chi connectivity index (χ1) is 8.89. The molecule has 0 bridgehead atoms. The maximum absolute atomic E-state index is 11.9. The van der Waals surface area contributed by atoms with Crippen LogP contribution in [-0.2, 0) is 9.84 Å². The SMILES string of the molecule is CCCS(=O)(=O)CCC1(CNCC(C)C)CCCC1. The zero-order chi connectivity index (χ0) is 14.4. The lowest BCUT2D eigenvalue weighted by molar-refractivity contribution is 0.265. The Morgan fingerprint density at radius 2 is 1.79 bits per heavy atom. The van der Waals surface area contributed by atoms with Crippen molar-refractivity contribution in [2.24, 2.45) is 11.3 Å². The van der Waals surface area contributed by atoms with E-state index < -0.39 is 9.84 Å². The molecule has 1 fully saturated rings. The number of rotatable bonds is 9. The molecule has 1 aliphatic carbocycles. The van der Waals surface area contributed by atoms with E-state index in [2.05, 4.69) is 19.2 Å². The molecule has 0 aromatic carbocycles. The molecule has 0 spiro atoms. The van der Waals surface area contributed by atoms with E-state index in [0.717, 1.165) is 25.9 Å². The van der Waals surface area contributed by atoms with E-state index in [4.69, 9.17) is 0 Å². The summed E-state index contributed by atoms with van der Waals surface area (Å²) in [5.41, 5.74) is 0.246. The predicted molar refractivity (Wildman–Crippen MR) is 82.2 cm³/mol. The van der Waals surface area contributed by atoms with Gasteiger partial charge < -0.3 is 5.32 Å². The molecule has 0 amide bonds. The van der Waals surface area contributed by atoms with Crippen LogP contribution in [0.2, 0.25) is 0 Å². The molecule has 0 heterocycles. The third-order valence-electron chi connectivity index (χ3n) is 4.18. The van der Waals surface area contributed by atoms with Gasteiger partial charge in [0.25, 0.3) is 0 Å². The highest BCUT2D eigenvalue weighted by atomic mass is 32.2. The number of hydrogen-bond donors (Lipinski definition) is 1. The fraction of sp³-hybridized carbons (Fsp3) is 1.00. The van der Waals surface area contributed by atoms with E-state index in [0.29, 0.717) is 17.4 Å². The van der Waals surface area contributed by atoms with Gasteiger partial charge >= 0.3 is 0 Å². The minimum Gasteiger partial charge on any atom is -0.316 e. The molecule has 19 heavy (non-hydrogen) atoms. The van der Waals surface area contributed by atoms with Gasteiger partial charge in [-0.05, 0) is 43.6 Å². The summed E-state index contributed by atoms with van der Waals surface area (Å²) in [6.07, 6.45) is 6.50. The Kier molecular flexibility index (Phi) is 6.81. The second kappa shape index (κ2) is 7.63. The topological polar surface area (TPSA) is 46.2 Å². The molecule has 0 aliphatic heterocycles. The van der Waals surface area contributed by atoms with Gasteiger partial charge in [-0.15, -0.1) is 0 Å². The summed E-state index contributed by atoms with van der Waals surface area (Å²) in [5, 5.41) is 3.54. The lowest BCUT2D eigenvalue weighted by atomic mass is 9.83. The Morgan fingerprint density at radius 3 is 2.32 bits per heavy atom. The molecule has 0 aromatic heterocycles. The molecule has 1 aliphatic rings. The van der Waals surface area contributed by atoms with Crippen molar-refractivity contribution in [2.45, 2.75) is 59.3 Å². The lowest BCUT2D eigenvalue weighted by Crippen LogP contribution is -2.35. The van der Waals surface area contributed by atoms with E-state index >= 15 is 0 Å². The van der Waals surface area contributed by atoms with Crippen LogP contribution in [0.25, 0.3) is 0 Å². The van der Waals surface area contributed by atoms with Crippen molar-refractivity contribution in [3.05, 3.63) is 0 Å². The van der Waals surface area contributed by atoms with Crippen molar-refractivity contribution in [2.75, 3.05) is 24.6 Å². The number of nitrogens with one attached hydrogen (secondary N) is 1. The van der Waals surface area contributed by atoms with Crippen molar-refractivity contribution in [1.29, 1.82) is 0 Å². The molecule has 0 radical (unpaired) electrons. The molecule has 0 atom stereocenters. The smallest absolute Gasteiger partial charge is 0.150 e. The maximum atomic E-state index is 11.9. The van der Waals surface area contributed by atoms with Crippen molar-refractivity contribution in [1.82, 2.24) is 5.32 Å². The minimum absolute atomic E-state index is 0.246. The van der Waals surface area contributed by atoms with Gasteiger partial charge in [0.15, 0.2) is 0 Å². The molecule has 1 saturated carbocycles. The molecule has 0 aromatic rings. The predicted octanol–water partition coefficient (Wildman–Crippen LogP) is 3.01. The Morgan fingerprint density at radius 1 is 1.16 bits per heavy atom. The van der Waals surface area contributed by atoms with Crippen molar-refractivity contribution in [3.63, 3.8) is 0 Å². The third kappa shape index (κ3) is 6.26. The van der Waals surface area contributed by atoms with Gasteiger partial charge in [-0.1, -0.05) is 33.6 Å². The van der Waals surface area contributed by atoms with Crippen molar-refractivity contribution < 1.29 is 8.42 Å². The molecular weight excluding hydrogens is 258 g/mol. The molecule has 0 saturated heterocycles. The van der Waals surface area contributed by atoms with E-state index in [-0.39, 0.29) is 5.41 Å². The van der Waals surface area contributed by atoms with Gasteiger partial charge in [0.2, 0.25) is 0 Å². The van der Waals surface area contributed by atoms with Crippen LogP contribution >= 0.6 is 0 Å². The summed E-state index contributed by atoms with van der Waals surface area (Å²) in [4.78, 5) is 0. The van der Waals surface area contributed by atoms with Gasteiger partial charge in [0, 0.05) is 12.3 Å². The molecule has 1 N–H and O–H groups in total. The average Bonchev–Trinajstić information content (AvgIpc) is 2.76. The Bertz CT molecular complexity index is 343. The standard InChI is InChI=1S/C15H31NO2S/c1-4-10-19(17,18)11-9-15(7-5-6-8-15)13-16-12-14(2)3/h14,16H,4-13H2,1-3H3.